The Bertz CT molecular complexity index is 892. The van der Waals surface area contributed by atoms with Crippen molar-refractivity contribution in [2.75, 3.05) is 7.11 Å². The summed E-state index contributed by atoms with van der Waals surface area (Å²) in [6, 6.07) is 19.3. The number of imide groups is 1. The molecule has 0 radical (unpaired) electrons. The second-order valence-corrected chi connectivity index (χ2v) is 8.17. The number of ether oxygens (including phenoxy) is 2. The van der Waals surface area contributed by atoms with E-state index in [4.69, 9.17) is 9.47 Å². The molecule has 0 bridgehead atoms. The molecule has 2 aromatic carbocycles. The minimum atomic E-state index is -0.763. The van der Waals surface area contributed by atoms with E-state index in [9.17, 15) is 9.59 Å². The Kier molecular flexibility index (Phi) is 6.73. The first-order valence-corrected chi connectivity index (χ1v) is 10.2. The second kappa shape index (κ2) is 9.26. The summed E-state index contributed by atoms with van der Waals surface area (Å²) in [7, 11) is 1.65. The van der Waals surface area contributed by atoms with Gasteiger partial charge in [0.1, 0.15) is 5.60 Å². The molecule has 1 fully saturated rings. The summed E-state index contributed by atoms with van der Waals surface area (Å²) in [5.74, 6) is -0.429. The van der Waals surface area contributed by atoms with Gasteiger partial charge in [-0.2, -0.15) is 0 Å². The van der Waals surface area contributed by atoms with E-state index in [1.807, 2.05) is 81.4 Å². The molecule has 0 saturated carbocycles. The zero-order valence-corrected chi connectivity index (χ0v) is 17.9. The Morgan fingerprint density at radius 3 is 2.33 bits per heavy atom. The quantitative estimate of drug-likeness (QED) is 0.611. The van der Waals surface area contributed by atoms with Crippen LogP contribution >= 0.6 is 0 Å². The molecule has 0 aromatic heterocycles. The molecule has 30 heavy (non-hydrogen) atoms. The summed E-state index contributed by atoms with van der Waals surface area (Å²) >= 11 is 0. The Hall–Kier alpha value is -2.92. The van der Waals surface area contributed by atoms with Crippen LogP contribution in [-0.2, 0) is 20.7 Å². The van der Waals surface area contributed by atoms with Crippen LogP contribution in [0.5, 0.6) is 0 Å². The molecule has 0 N–H and O–H groups in total. The van der Waals surface area contributed by atoms with Gasteiger partial charge < -0.3 is 9.47 Å². The molecule has 3 rings (SSSR count). The molecule has 5 heteroatoms. The van der Waals surface area contributed by atoms with Crippen LogP contribution < -0.4 is 0 Å². The lowest BCUT2D eigenvalue weighted by Gasteiger charge is -2.27. The van der Waals surface area contributed by atoms with Crippen LogP contribution in [0.3, 0.4) is 0 Å². The molecule has 2 aromatic rings. The molecule has 0 spiro atoms. The van der Waals surface area contributed by atoms with Gasteiger partial charge in [0, 0.05) is 19.1 Å². The molecule has 1 aliphatic heterocycles. The van der Waals surface area contributed by atoms with Gasteiger partial charge in [0.25, 0.3) is 5.91 Å². The zero-order valence-electron chi connectivity index (χ0n) is 17.9. The first-order valence-electron chi connectivity index (χ1n) is 10.2. The van der Waals surface area contributed by atoms with E-state index >= 15 is 0 Å². The van der Waals surface area contributed by atoms with Crippen molar-refractivity contribution >= 4 is 12.0 Å². The van der Waals surface area contributed by atoms with Crippen LogP contribution in [0.15, 0.2) is 72.8 Å². The molecule has 1 aliphatic rings. The van der Waals surface area contributed by atoms with Gasteiger partial charge in [-0.05, 0) is 31.4 Å². The summed E-state index contributed by atoms with van der Waals surface area (Å²) in [6.45, 7) is 5.67. The number of methoxy groups -OCH3 is 1. The Morgan fingerprint density at radius 1 is 1.13 bits per heavy atom. The lowest BCUT2D eigenvalue weighted by atomic mass is 9.92. The fourth-order valence-corrected chi connectivity index (χ4v) is 3.91. The van der Waals surface area contributed by atoms with Gasteiger partial charge in [0.05, 0.1) is 12.1 Å². The molecule has 3 atom stereocenters. The number of benzene rings is 2. The highest BCUT2D eigenvalue weighted by Crippen LogP contribution is 2.32. The van der Waals surface area contributed by atoms with Crippen molar-refractivity contribution in [2.24, 2.45) is 5.92 Å². The minimum Gasteiger partial charge on any atom is -0.441 e. The smallest absolute Gasteiger partial charge is 0.417 e. The number of carbonyl (C=O) groups is 2. The number of hydrogen-bond donors (Lipinski definition) is 0. The third-order valence-corrected chi connectivity index (χ3v) is 5.57. The van der Waals surface area contributed by atoms with Gasteiger partial charge in [-0.1, -0.05) is 73.7 Å². The SMILES string of the molecule is CO[C@@H](c1ccccc1)[C@@H](C)/C=C/C(=O)N1C(=O)OC(C)(C)[C@@H]1Cc1ccccc1. The maximum atomic E-state index is 13.0. The number of amides is 2. The lowest BCUT2D eigenvalue weighted by molar-refractivity contribution is -0.124. The maximum Gasteiger partial charge on any atom is 0.417 e. The van der Waals surface area contributed by atoms with Crippen molar-refractivity contribution in [2.45, 2.75) is 44.9 Å². The van der Waals surface area contributed by atoms with Crippen LogP contribution in [0.4, 0.5) is 4.79 Å². The van der Waals surface area contributed by atoms with Crippen molar-refractivity contribution in [3.63, 3.8) is 0 Å². The molecule has 158 valence electrons. The highest BCUT2D eigenvalue weighted by Gasteiger charge is 2.49. The van der Waals surface area contributed by atoms with E-state index in [-0.39, 0.29) is 24.0 Å². The van der Waals surface area contributed by atoms with Gasteiger partial charge in [-0.25, -0.2) is 9.69 Å². The van der Waals surface area contributed by atoms with Crippen LogP contribution in [-0.4, -0.2) is 35.7 Å². The third-order valence-electron chi connectivity index (χ3n) is 5.57. The number of carbonyl (C=O) groups excluding carboxylic acids is 2. The average molecular weight is 408 g/mol. The number of hydrogen-bond acceptors (Lipinski definition) is 4. The fourth-order valence-electron chi connectivity index (χ4n) is 3.91. The van der Waals surface area contributed by atoms with Crippen molar-refractivity contribution in [3.8, 4) is 0 Å². The normalized spacial score (nSPS) is 20.2. The number of nitrogens with zero attached hydrogens (tertiary/aromatic N) is 1. The van der Waals surface area contributed by atoms with Gasteiger partial charge in [0.15, 0.2) is 0 Å². The predicted molar refractivity (Wildman–Crippen MR) is 116 cm³/mol. The molecule has 5 nitrogen and oxygen atoms in total. The van der Waals surface area contributed by atoms with Gasteiger partial charge in [-0.3, -0.25) is 4.79 Å². The minimum absolute atomic E-state index is 0.0550. The highest BCUT2D eigenvalue weighted by atomic mass is 16.6. The van der Waals surface area contributed by atoms with Crippen molar-refractivity contribution in [1.82, 2.24) is 4.90 Å². The second-order valence-electron chi connectivity index (χ2n) is 8.17. The summed E-state index contributed by atoms with van der Waals surface area (Å²) in [5.41, 5.74) is 1.32. The highest BCUT2D eigenvalue weighted by molar-refractivity contribution is 6.00. The first kappa shape index (κ1) is 21.8. The summed E-state index contributed by atoms with van der Waals surface area (Å²) in [5, 5.41) is 0. The lowest BCUT2D eigenvalue weighted by Crippen LogP contribution is -2.45. The zero-order chi connectivity index (χ0) is 21.7. The third kappa shape index (κ3) is 4.79. The fraction of sp³-hybridized carbons (Fsp3) is 0.360. The van der Waals surface area contributed by atoms with E-state index in [1.165, 1.54) is 11.0 Å². The van der Waals surface area contributed by atoms with Gasteiger partial charge in [0.2, 0.25) is 0 Å². The topological polar surface area (TPSA) is 55.8 Å². The molecule has 0 unspecified atom stereocenters. The van der Waals surface area contributed by atoms with Crippen LogP contribution in [0.25, 0.3) is 0 Å². The molecular weight excluding hydrogens is 378 g/mol. The van der Waals surface area contributed by atoms with Gasteiger partial charge >= 0.3 is 6.09 Å². The van der Waals surface area contributed by atoms with Crippen molar-refractivity contribution < 1.29 is 19.1 Å². The van der Waals surface area contributed by atoms with Crippen molar-refractivity contribution in [3.05, 3.63) is 83.9 Å². The first-order chi connectivity index (χ1) is 14.3. The molecule has 1 heterocycles. The van der Waals surface area contributed by atoms with E-state index in [0.29, 0.717) is 6.42 Å². The monoisotopic (exact) mass is 407 g/mol. The molecular formula is C25H29NO4. The predicted octanol–water partition coefficient (Wildman–Crippen LogP) is 4.94. The van der Waals surface area contributed by atoms with Gasteiger partial charge in [-0.15, -0.1) is 0 Å². The number of cyclic esters (lactones) is 1. The van der Waals surface area contributed by atoms with E-state index in [1.54, 1.807) is 13.2 Å². The Labute approximate surface area is 178 Å². The standard InChI is InChI=1S/C25H29NO4/c1-18(23(29-4)20-13-9-6-10-14-20)15-16-22(27)26-21(25(2,3)30-24(26)28)17-19-11-7-5-8-12-19/h5-16,18,21,23H,17H2,1-4H3/b16-15+/t18-,21-,23+/m0/s1. The van der Waals surface area contributed by atoms with Crippen LogP contribution in [0.1, 0.15) is 38.0 Å². The summed E-state index contributed by atoms with van der Waals surface area (Å²) < 4.78 is 11.2. The summed E-state index contributed by atoms with van der Waals surface area (Å²) in [6.07, 6.45) is 3.01. The van der Waals surface area contributed by atoms with Crippen LogP contribution in [0, 0.1) is 5.92 Å². The molecule has 1 saturated heterocycles. The average Bonchev–Trinajstić information content (AvgIpc) is 2.96. The molecule has 2 amide bonds. The van der Waals surface area contributed by atoms with E-state index in [0.717, 1.165) is 11.1 Å². The van der Waals surface area contributed by atoms with Crippen molar-refractivity contribution in [1.29, 1.82) is 0 Å². The number of rotatable bonds is 7. The Balaban J connectivity index is 1.77. The maximum absolute atomic E-state index is 13.0. The largest absolute Gasteiger partial charge is 0.441 e. The van der Waals surface area contributed by atoms with E-state index < -0.39 is 11.7 Å². The van der Waals surface area contributed by atoms with E-state index in [2.05, 4.69) is 0 Å². The summed E-state index contributed by atoms with van der Waals surface area (Å²) in [4.78, 5) is 26.7. The molecule has 0 aliphatic carbocycles. The Morgan fingerprint density at radius 2 is 1.73 bits per heavy atom. The van der Waals surface area contributed by atoms with Crippen LogP contribution in [0.2, 0.25) is 0 Å².